The fourth-order valence-corrected chi connectivity index (χ4v) is 2.33. The fraction of sp³-hybridized carbons (Fsp3) is 0.600. The average Bonchev–Trinajstić information content (AvgIpc) is 2.39. The number of rotatable bonds is 5. The molecule has 1 fully saturated rings. The molecule has 1 aliphatic rings. The van der Waals surface area contributed by atoms with Crippen LogP contribution in [0.15, 0.2) is 24.3 Å². The third-order valence-corrected chi connectivity index (χ3v) is 3.72. The molecule has 1 aromatic carbocycles. The van der Waals surface area contributed by atoms with Crippen molar-refractivity contribution in [2.75, 3.05) is 20.3 Å². The van der Waals surface area contributed by atoms with Gasteiger partial charge in [-0.2, -0.15) is 0 Å². The average molecular weight is 249 g/mol. The Hall–Kier alpha value is -0.900. The monoisotopic (exact) mass is 249 g/mol. The molecule has 0 aromatic heterocycles. The summed E-state index contributed by atoms with van der Waals surface area (Å²) in [4.78, 5) is 0. The molecule has 1 saturated heterocycles. The molecular formula is C15H23NO2. The van der Waals surface area contributed by atoms with Crippen molar-refractivity contribution in [3.63, 3.8) is 0 Å². The largest absolute Gasteiger partial charge is 0.381 e. The molecule has 0 saturated carbocycles. The maximum atomic E-state index is 5.42. The molecule has 0 amide bonds. The lowest BCUT2D eigenvalue weighted by atomic mass is 9.92. The molecule has 0 unspecified atom stereocenters. The molecular weight excluding hydrogens is 226 g/mol. The van der Waals surface area contributed by atoms with Gasteiger partial charge in [0.2, 0.25) is 0 Å². The first kappa shape index (κ1) is 13.5. The molecule has 3 nitrogen and oxygen atoms in total. The number of methoxy groups -OCH3 is 1. The van der Waals surface area contributed by atoms with Gasteiger partial charge in [0.15, 0.2) is 0 Å². The number of benzene rings is 1. The molecule has 0 aliphatic carbocycles. The van der Waals surface area contributed by atoms with Crippen molar-refractivity contribution in [1.29, 1.82) is 0 Å². The van der Waals surface area contributed by atoms with E-state index >= 15 is 0 Å². The second kappa shape index (κ2) is 6.32. The molecule has 3 heteroatoms. The highest BCUT2D eigenvalue weighted by Crippen LogP contribution is 2.21. The summed E-state index contributed by atoms with van der Waals surface area (Å²) in [6.07, 6.45) is 2.17. The second-order valence-corrected chi connectivity index (χ2v) is 5.23. The van der Waals surface area contributed by atoms with E-state index in [4.69, 9.17) is 9.47 Å². The van der Waals surface area contributed by atoms with Crippen LogP contribution in [0.25, 0.3) is 0 Å². The van der Waals surface area contributed by atoms with Gasteiger partial charge in [-0.05, 0) is 30.9 Å². The summed E-state index contributed by atoms with van der Waals surface area (Å²) < 4.78 is 10.7. The number of nitrogens with one attached hydrogen (secondary N) is 1. The molecule has 0 spiro atoms. The van der Waals surface area contributed by atoms with Gasteiger partial charge < -0.3 is 14.8 Å². The van der Waals surface area contributed by atoms with Gasteiger partial charge in [0.05, 0.1) is 6.61 Å². The Morgan fingerprint density at radius 3 is 2.56 bits per heavy atom. The summed E-state index contributed by atoms with van der Waals surface area (Å²) in [6.45, 7) is 5.59. The summed E-state index contributed by atoms with van der Waals surface area (Å²) in [5, 5.41) is 3.68. The van der Waals surface area contributed by atoms with Crippen LogP contribution in [0.3, 0.4) is 0 Å². The van der Waals surface area contributed by atoms with E-state index < -0.39 is 0 Å². The topological polar surface area (TPSA) is 30.5 Å². The van der Waals surface area contributed by atoms with E-state index in [9.17, 15) is 0 Å². The summed E-state index contributed by atoms with van der Waals surface area (Å²) in [6, 6.07) is 8.45. The van der Waals surface area contributed by atoms with Crippen molar-refractivity contribution in [2.24, 2.45) is 0 Å². The predicted octanol–water partition coefficient (Wildman–Crippen LogP) is 2.49. The molecule has 1 aliphatic heterocycles. The Balaban J connectivity index is 1.96. The van der Waals surface area contributed by atoms with Crippen LogP contribution >= 0.6 is 0 Å². The van der Waals surface area contributed by atoms with Gasteiger partial charge in [-0.1, -0.05) is 24.3 Å². The minimum absolute atomic E-state index is 0.207. The van der Waals surface area contributed by atoms with Crippen LogP contribution in [-0.2, 0) is 22.6 Å². The standard InChI is InChI=1S/C15H23NO2/c1-15(7-9-18-10-8-15)16-11-13-5-3-4-6-14(13)12-17-2/h3-6,16H,7-12H2,1-2H3. The fourth-order valence-electron chi connectivity index (χ4n) is 2.33. The molecule has 0 bridgehead atoms. The molecule has 2 rings (SSSR count). The van der Waals surface area contributed by atoms with Gasteiger partial charge >= 0.3 is 0 Å². The Labute approximate surface area is 109 Å². The minimum atomic E-state index is 0.207. The summed E-state index contributed by atoms with van der Waals surface area (Å²) in [5.41, 5.74) is 2.80. The van der Waals surface area contributed by atoms with Crippen LogP contribution in [0.1, 0.15) is 30.9 Å². The van der Waals surface area contributed by atoms with E-state index in [1.165, 1.54) is 11.1 Å². The summed E-state index contributed by atoms with van der Waals surface area (Å²) in [5.74, 6) is 0. The zero-order valence-electron chi connectivity index (χ0n) is 11.4. The molecule has 100 valence electrons. The second-order valence-electron chi connectivity index (χ2n) is 5.23. The third kappa shape index (κ3) is 3.55. The van der Waals surface area contributed by atoms with Gasteiger partial charge in [-0.15, -0.1) is 0 Å². The Morgan fingerprint density at radius 2 is 1.89 bits per heavy atom. The highest BCUT2D eigenvalue weighted by molar-refractivity contribution is 5.26. The number of hydrogen-bond acceptors (Lipinski definition) is 3. The van der Waals surface area contributed by atoms with Crippen molar-refractivity contribution in [3.8, 4) is 0 Å². The Bertz CT molecular complexity index is 373. The van der Waals surface area contributed by atoms with Gasteiger partial charge in [0, 0.05) is 32.4 Å². The van der Waals surface area contributed by atoms with Crippen LogP contribution in [0.4, 0.5) is 0 Å². The van der Waals surface area contributed by atoms with Crippen LogP contribution in [0, 0.1) is 0 Å². The highest BCUT2D eigenvalue weighted by atomic mass is 16.5. The molecule has 1 heterocycles. The smallest absolute Gasteiger partial charge is 0.0716 e. The van der Waals surface area contributed by atoms with Gasteiger partial charge in [0.25, 0.3) is 0 Å². The highest BCUT2D eigenvalue weighted by Gasteiger charge is 2.26. The summed E-state index contributed by atoms with van der Waals surface area (Å²) in [7, 11) is 1.74. The van der Waals surface area contributed by atoms with E-state index in [-0.39, 0.29) is 5.54 Å². The van der Waals surface area contributed by atoms with Crippen LogP contribution < -0.4 is 5.32 Å². The zero-order valence-corrected chi connectivity index (χ0v) is 11.4. The lowest BCUT2D eigenvalue weighted by Crippen LogP contribution is -2.46. The Morgan fingerprint density at radius 1 is 1.22 bits per heavy atom. The van der Waals surface area contributed by atoms with E-state index in [0.717, 1.165) is 32.6 Å². The van der Waals surface area contributed by atoms with Crippen molar-refractivity contribution in [1.82, 2.24) is 5.32 Å². The first-order chi connectivity index (χ1) is 8.73. The SMILES string of the molecule is COCc1ccccc1CNC1(C)CCOCC1. The maximum absolute atomic E-state index is 5.42. The molecule has 0 atom stereocenters. The minimum Gasteiger partial charge on any atom is -0.381 e. The number of ether oxygens (including phenoxy) is 2. The van der Waals surface area contributed by atoms with Crippen molar-refractivity contribution in [3.05, 3.63) is 35.4 Å². The quantitative estimate of drug-likeness (QED) is 0.869. The first-order valence-electron chi connectivity index (χ1n) is 6.62. The number of hydrogen-bond donors (Lipinski definition) is 1. The zero-order chi connectivity index (χ0) is 12.8. The Kier molecular flexibility index (Phi) is 4.75. The summed E-state index contributed by atoms with van der Waals surface area (Å²) >= 11 is 0. The third-order valence-electron chi connectivity index (χ3n) is 3.72. The lowest BCUT2D eigenvalue weighted by molar-refractivity contribution is 0.0445. The van der Waals surface area contributed by atoms with Crippen LogP contribution in [-0.4, -0.2) is 25.9 Å². The van der Waals surface area contributed by atoms with Crippen molar-refractivity contribution < 1.29 is 9.47 Å². The molecule has 18 heavy (non-hydrogen) atoms. The normalized spacial score (nSPS) is 18.8. The lowest BCUT2D eigenvalue weighted by Gasteiger charge is -2.35. The van der Waals surface area contributed by atoms with E-state index in [1.54, 1.807) is 7.11 Å². The van der Waals surface area contributed by atoms with Crippen molar-refractivity contribution in [2.45, 2.75) is 38.5 Å². The predicted molar refractivity (Wildman–Crippen MR) is 72.5 cm³/mol. The van der Waals surface area contributed by atoms with E-state index in [2.05, 4.69) is 36.5 Å². The van der Waals surface area contributed by atoms with Crippen LogP contribution in [0.5, 0.6) is 0 Å². The van der Waals surface area contributed by atoms with Gasteiger partial charge in [-0.3, -0.25) is 0 Å². The van der Waals surface area contributed by atoms with Gasteiger partial charge in [0.1, 0.15) is 0 Å². The molecule has 0 radical (unpaired) electrons. The maximum Gasteiger partial charge on any atom is 0.0716 e. The van der Waals surface area contributed by atoms with E-state index in [0.29, 0.717) is 6.61 Å². The van der Waals surface area contributed by atoms with Gasteiger partial charge in [-0.25, -0.2) is 0 Å². The molecule has 1 N–H and O–H groups in total. The van der Waals surface area contributed by atoms with Crippen LogP contribution in [0.2, 0.25) is 0 Å². The van der Waals surface area contributed by atoms with E-state index in [1.807, 2.05) is 0 Å². The first-order valence-corrected chi connectivity index (χ1v) is 6.62. The van der Waals surface area contributed by atoms with Crippen molar-refractivity contribution >= 4 is 0 Å². The molecule has 1 aromatic rings.